The molecule has 4 N–H and O–H groups in total. The molecule has 0 saturated heterocycles. The molecule has 2 rings (SSSR count). The highest BCUT2D eigenvalue weighted by Gasteiger charge is 2.01. The van der Waals surface area contributed by atoms with Gasteiger partial charge in [-0.25, -0.2) is 9.97 Å². The van der Waals surface area contributed by atoms with E-state index in [2.05, 4.69) is 9.97 Å². The predicted octanol–water partition coefficient (Wildman–Crippen LogP) is -0.273. The van der Waals surface area contributed by atoms with Crippen molar-refractivity contribution in [2.75, 3.05) is 11.6 Å². The van der Waals surface area contributed by atoms with Crippen molar-refractivity contribution >= 4 is 16.9 Å². The van der Waals surface area contributed by atoms with Crippen LogP contribution in [-0.2, 0) is 0 Å². The lowest BCUT2D eigenvalue weighted by atomic mass is 10.4. The molecule has 56 valence electrons. The lowest BCUT2D eigenvalue weighted by Gasteiger charge is -1.95. The van der Waals surface area contributed by atoms with E-state index in [1.807, 2.05) is 0 Å². The zero-order valence-electron chi connectivity index (χ0n) is 5.73. The van der Waals surface area contributed by atoms with Gasteiger partial charge in [0, 0.05) is 6.20 Å². The second kappa shape index (κ2) is 1.85. The number of nitrogens with two attached hydrogens (primary N) is 2. The molecule has 0 aliphatic heterocycles. The maximum Gasteiger partial charge on any atom is 0.163 e. The highest BCUT2D eigenvalue weighted by atomic mass is 15.3. The topological polar surface area (TPSA) is 82.8 Å². The molecule has 2 aromatic heterocycles. The van der Waals surface area contributed by atoms with Crippen LogP contribution in [0.3, 0.4) is 0 Å². The first kappa shape index (κ1) is 5.96. The van der Waals surface area contributed by atoms with Crippen molar-refractivity contribution in [3.63, 3.8) is 0 Å². The molecule has 5 heteroatoms. The van der Waals surface area contributed by atoms with Gasteiger partial charge in [0.05, 0.1) is 5.39 Å². The first-order valence-corrected chi connectivity index (χ1v) is 3.11. The summed E-state index contributed by atoms with van der Waals surface area (Å²) in [7, 11) is 0. The SMILES string of the molecule is Nc1ncnc2c1ccn2N. The van der Waals surface area contributed by atoms with E-state index < -0.39 is 0 Å². The number of hydrogen-bond donors (Lipinski definition) is 2. The smallest absolute Gasteiger partial charge is 0.163 e. The fourth-order valence-corrected chi connectivity index (χ4v) is 0.990. The largest absolute Gasteiger partial charge is 0.383 e. The van der Waals surface area contributed by atoms with Crippen LogP contribution in [0.5, 0.6) is 0 Å². The van der Waals surface area contributed by atoms with Crippen LogP contribution in [0.25, 0.3) is 11.0 Å². The number of rotatable bonds is 0. The maximum absolute atomic E-state index is 5.55. The van der Waals surface area contributed by atoms with Crippen molar-refractivity contribution in [2.24, 2.45) is 0 Å². The number of fused-ring (bicyclic) bond motifs is 1. The molecule has 0 unspecified atom stereocenters. The summed E-state index contributed by atoms with van der Waals surface area (Å²) in [5.41, 5.74) is 6.20. The molecule has 0 saturated carbocycles. The van der Waals surface area contributed by atoms with Crippen LogP contribution >= 0.6 is 0 Å². The highest BCUT2D eigenvalue weighted by molar-refractivity contribution is 5.85. The molecule has 0 amide bonds. The van der Waals surface area contributed by atoms with Crippen molar-refractivity contribution in [3.05, 3.63) is 18.6 Å². The number of hydrogen-bond acceptors (Lipinski definition) is 4. The average Bonchev–Trinajstić information content (AvgIpc) is 2.35. The van der Waals surface area contributed by atoms with E-state index in [1.54, 1.807) is 12.3 Å². The summed E-state index contributed by atoms with van der Waals surface area (Å²) in [5.74, 6) is 5.97. The summed E-state index contributed by atoms with van der Waals surface area (Å²) in [6.45, 7) is 0. The van der Waals surface area contributed by atoms with Crippen molar-refractivity contribution in [1.82, 2.24) is 14.6 Å². The minimum absolute atomic E-state index is 0.458. The van der Waals surface area contributed by atoms with Gasteiger partial charge in [0.25, 0.3) is 0 Å². The molecule has 0 aliphatic rings. The molecule has 2 aromatic rings. The van der Waals surface area contributed by atoms with Crippen molar-refractivity contribution in [2.45, 2.75) is 0 Å². The lowest BCUT2D eigenvalue weighted by molar-refractivity contribution is 1.03. The van der Waals surface area contributed by atoms with E-state index in [-0.39, 0.29) is 0 Å². The Kier molecular flexibility index (Phi) is 1.00. The normalized spacial score (nSPS) is 10.5. The third-order valence-electron chi connectivity index (χ3n) is 1.54. The summed E-state index contributed by atoms with van der Waals surface area (Å²) >= 11 is 0. The number of aromatic nitrogens is 3. The van der Waals surface area contributed by atoms with Gasteiger partial charge in [-0.3, -0.25) is 4.68 Å². The van der Waals surface area contributed by atoms with E-state index in [9.17, 15) is 0 Å². The van der Waals surface area contributed by atoms with E-state index in [1.165, 1.54) is 11.0 Å². The summed E-state index contributed by atoms with van der Waals surface area (Å²) < 4.78 is 1.41. The van der Waals surface area contributed by atoms with E-state index in [4.69, 9.17) is 11.6 Å². The Morgan fingerprint density at radius 1 is 1.36 bits per heavy atom. The predicted molar refractivity (Wildman–Crippen MR) is 42.1 cm³/mol. The Balaban J connectivity index is 2.94. The molecule has 0 atom stereocenters. The fraction of sp³-hybridized carbons (Fsp3) is 0. The van der Waals surface area contributed by atoms with Crippen LogP contribution in [0.15, 0.2) is 18.6 Å². The van der Waals surface area contributed by atoms with Crippen LogP contribution in [0, 0.1) is 0 Å². The van der Waals surface area contributed by atoms with E-state index in [0.717, 1.165) is 5.39 Å². The number of nitrogen functional groups attached to an aromatic ring is 2. The van der Waals surface area contributed by atoms with Crippen LogP contribution in [0.1, 0.15) is 0 Å². The van der Waals surface area contributed by atoms with Gasteiger partial charge < -0.3 is 11.6 Å². The van der Waals surface area contributed by atoms with Crippen LogP contribution in [0.2, 0.25) is 0 Å². The van der Waals surface area contributed by atoms with E-state index >= 15 is 0 Å². The minimum Gasteiger partial charge on any atom is -0.383 e. The Morgan fingerprint density at radius 2 is 2.18 bits per heavy atom. The molecule has 0 fully saturated rings. The van der Waals surface area contributed by atoms with Gasteiger partial charge in [0.2, 0.25) is 0 Å². The number of anilines is 1. The molecule has 11 heavy (non-hydrogen) atoms. The highest BCUT2D eigenvalue weighted by Crippen LogP contribution is 2.14. The molecule has 0 aliphatic carbocycles. The standard InChI is InChI=1S/C6H7N5/c7-5-4-1-2-11(8)6(4)10-3-9-5/h1-3H,8H2,(H2,7,9,10). The third kappa shape index (κ3) is 0.706. The minimum atomic E-state index is 0.458. The molecular weight excluding hydrogens is 142 g/mol. The monoisotopic (exact) mass is 149 g/mol. The lowest BCUT2D eigenvalue weighted by Crippen LogP contribution is -2.06. The summed E-state index contributed by atoms with van der Waals surface area (Å²) in [6.07, 6.45) is 3.08. The zero-order valence-corrected chi connectivity index (χ0v) is 5.73. The van der Waals surface area contributed by atoms with Gasteiger partial charge in [-0.1, -0.05) is 0 Å². The molecule has 0 aromatic carbocycles. The molecule has 2 heterocycles. The fourth-order valence-electron chi connectivity index (χ4n) is 0.990. The van der Waals surface area contributed by atoms with Gasteiger partial charge in [0.15, 0.2) is 5.65 Å². The van der Waals surface area contributed by atoms with Crippen molar-refractivity contribution < 1.29 is 0 Å². The second-order valence-electron chi connectivity index (χ2n) is 2.22. The first-order valence-electron chi connectivity index (χ1n) is 3.11. The summed E-state index contributed by atoms with van der Waals surface area (Å²) in [6, 6.07) is 1.78. The zero-order chi connectivity index (χ0) is 7.84. The quantitative estimate of drug-likeness (QED) is 0.505. The van der Waals surface area contributed by atoms with Crippen LogP contribution in [0.4, 0.5) is 5.82 Å². The van der Waals surface area contributed by atoms with Crippen molar-refractivity contribution in [1.29, 1.82) is 0 Å². The average molecular weight is 149 g/mol. The molecule has 0 bridgehead atoms. The number of nitrogens with zero attached hydrogens (tertiary/aromatic N) is 3. The molecule has 5 nitrogen and oxygen atoms in total. The molecule has 0 spiro atoms. The Morgan fingerprint density at radius 3 is 2.91 bits per heavy atom. The summed E-state index contributed by atoms with van der Waals surface area (Å²) in [4.78, 5) is 7.77. The van der Waals surface area contributed by atoms with Gasteiger partial charge in [-0.2, -0.15) is 0 Å². The Hall–Kier alpha value is -1.78. The van der Waals surface area contributed by atoms with Gasteiger partial charge in [-0.15, -0.1) is 0 Å². The second-order valence-corrected chi connectivity index (χ2v) is 2.22. The maximum atomic E-state index is 5.55. The molecule has 0 radical (unpaired) electrons. The van der Waals surface area contributed by atoms with Crippen molar-refractivity contribution in [3.8, 4) is 0 Å². The van der Waals surface area contributed by atoms with Crippen LogP contribution < -0.4 is 11.6 Å². The summed E-state index contributed by atoms with van der Waals surface area (Å²) in [5, 5.41) is 0.787. The van der Waals surface area contributed by atoms with Gasteiger partial charge in [-0.05, 0) is 6.07 Å². The molecular formula is C6H7N5. The van der Waals surface area contributed by atoms with Gasteiger partial charge in [0.1, 0.15) is 12.1 Å². The first-order chi connectivity index (χ1) is 5.29. The van der Waals surface area contributed by atoms with Gasteiger partial charge >= 0.3 is 0 Å². The van der Waals surface area contributed by atoms with E-state index in [0.29, 0.717) is 11.5 Å². The third-order valence-corrected chi connectivity index (χ3v) is 1.54. The Labute approximate surface area is 62.6 Å². The van der Waals surface area contributed by atoms with Crippen LogP contribution in [-0.4, -0.2) is 14.6 Å². The Bertz CT molecular complexity index is 391.